The Labute approximate surface area is 221 Å². The molecule has 202 valence electrons. The lowest BCUT2D eigenvalue weighted by molar-refractivity contribution is -0.140. The quantitative estimate of drug-likeness (QED) is 0.214. The second kappa shape index (κ2) is 11.1. The largest absolute Gasteiger partial charge is 0.417 e. The van der Waals surface area contributed by atoms with Crippen LogP contribution in [-0.2, 0) is 11.0 Å². The van der Waals surface area contributed by atoms with Crippen LogP contribution in [0, 0.1) is 5.41 Å². The summed E-state index contributed by atoms with van der Waals surface area (Å²) in [6.45, 7) is 4.46. The van der Waals surface area contributed by atoms with Crippen molar-refractivity contribution in [2.75, 3.05) is 0 Å². The normalized spacial score (nSPS) is 13.8. The van der Waals surface area contributed by atoms with Gasteiger partial charge in [0.2, 0.25) is 5.91 Å². The van der Waals surface area contributed by atoms with Crippen LogP contribution in [0.4, 0.5) is 30.7 Å². The Morgan fingerprint density at radius 3 is 1.89 bits per heavy atom. The number of benzene rings is 2. The van der Waals surface area contributed by atoms with Gasteiger partial charge in [-0.15, -0.1) is 0 Å². The molecule has 2 amide bonds. The molecule has 37 heavy (non-hydrogen) atoms. The number of hydrogen-bond donors (Lipinski definition) is 2. The maximum absolute atomic E-state index is 14.9. The first-order chi connectivity index (χ1) is 16.7. The second-order valence-corrected chi connectivity index (χ2v) is 9.94. The number of carbonyl (C=O) groups excluding carboxylic acids is 2. The monoisotopic (exact) mass is 592 g/mol. The first-order valence-electron chi connectivity index (χ1n) is 10.1. The van der Waals surface area contributed by atoms with Gasteiger partial charge >= 0.3 is 12.4 Å². The molecule has 14 heteroatoms. The van der Waals surface area contributed by atoms with E-state index >= 15 is 0 Å². The van der Waals surface area contributed by atoms with E-state index in [9.17, 15) is 40.3 Å². The molecule has 2 rings (SSSR count). The molecule has 0 bridgehead atoms. The number of halogens is 10. The fourth-order valence-electron chi connectivity index (χ4n) is 2.87. The average molecular weight is 594 g/mol. The summed E-state index contributed by atoms with van der Waals surface area (Å²) in [5.74, 6) is -6.40. The van der Waals surface area contributed by atoms with Crippen LogP contribution in [0.1, 0.15) is 53.7 Å². The summed E-state index contributed by atoms with van der Waals surface area (Å²) in [6.07, 6.45) is -10.2. The summed E-state index contributed by atoms with van der Waals surface area (Å²) in [5, 5.41) is -0.930. The molecule has 0 saturated carbocycles. The minimum absolute atomic E-state index is 0.0503. The van der Waals surface area contributed by atoms with Crippen LogP contribution >= 0.6 is 34.8 Å². The molecule has 0 aliphatic carbocycles. The zero-order valence-electron chi connectivity index (χ0n) is 19.1. The Kier molecular flexibility index (Phi) is 9.20. The van der Waals surface area contributed by atoms with Gasteiger partial charge in [0.05, 0.1) is 26.2 Å². The average Bonchev–Trinajstić information content (AvgIpc) is 2.76. The molecule has 2 N–H and O–H groups in total. The maximum Gasteiger partial charge on any atom is 0.417 e. The zero-order chi connectivity index (χ0) is 28.5. The highest BCUT2D eigenvalue weighted by atomic mass is 35.5. The summed E-state index contributed by atoms with van der Waals surface area (Å²) in [5.41, 5.74) is -1.33. The van der Waals surface area contributed by atoms with Gasteiger partial charge in [-0.2, -0.15) is 26.3 Å². The van der Waals surface area contributed by atoms with E-state index in [1.165, 1.54) is 20.8 Å². The van der Waals surface area contributed by atoms with Crippen LogP contribution in [-0.4, -0.2) is 18.0 Å². The maximum atomic E-state index is 14.9. The van der Waals surface area contributed by atoms with Crippen molar-refractivity contribution < 1.29 is 40.3 Å². The lowest BCUT2D eigenvalue weighted by atomic mass is 9.95. The van der Waals surface area contributed by atoms with E-state index in [1.54, 1.807) is 0 Å². The summed E-state index contributed by atoms with van der Waals surface area (Å²) >= 11 is 17.3. The van der Waals surface area contributed by atoms with Gasteiger partial charge < -0.3 is 0 Å². The SMILES string of the molecule is CC(C)(C)C(=O)NNC(=O)c1ccc(/C(F)=C/C(c2cc(Cl)c(Cl)c(Cl)c2)C(F)(F)F)cc1C(F)(F)F. The van der Waals surface area contributed by atoms with Crippen molar-refractivity contribution in [1.82, 2.24) is 10.9 Å². The van der Waals surface area contributed by atoms with Gasteiger partial charge in [0.1, 0.15) is 11.7 Å². The minimum Gasteiger partial charge on any atom is -0.273 e. The van der Waals surface area contributed by atoms with E-state index in [0.29, 0.717) is 12.1 Å². The summed E-state index contributed by atoms with van der Waals surface area (Å²) in [7, 11) is 0. The molecule has 1 unspecified atom stereocenters. The lowest BCUT2D eigenvalue weighted by Crippen LogP contribution is -2.47. The second-order valence-electron chi connectivity index (χ2n) is 8.75. The molecular weight excluding hydrogens is 576 g/mol. The number of alkyl halides is 6. The lowest BCUT2D eigenvalue weighted by Gasteiger charge is -2.20. The molecule has 2 aromatic rings. The van der Waals surface area contributed by atoms with Gasteiger partial charge in [-0.3, -0.25) is 20.4 Å². The highest BCUT2D eigenvalue weighted by molar-refractivity contribution is 6.48. The Morgan fingerprint density at radius 1 is 0.892 bits per heavy atom. The fraction of sp³-hybridized carbons (Fsp3) is 0.304. The molecular formula is C23H18Cl3F7N2O2. The van der Waals surface area contributed by atoms with Crippen molar-refractivity contribution >= 4 is 52.4 Å². The van der Waals surface area contributed by atoms with Crippen LogP contribution in [0.3, 0.4) is 0 Å². The third-order valence-corrected chi connectivity index (χ3v) is 6.04. The number of carbonyl (C=O) groups is 2. The molecule has 0 aromatic heterocycles. The van der Waals surface area contributed by atoms with E-state index in [0.717, 1.165) is 12.1 Å². The number of nitrogens with one attached hydrogen (secondary N) is 2. The smallest absolute Gasteiger partial charge is 0.273 e. The van der Waals surface area contributed by atoms with E-state index < -0.39 is 63.6 Å². The van der Waals surface area contributed by atoms with Gasteiger partial charge in [0.25, 0.3) is 5.91 Å². The number of rotatable bonds is 4. The molecule has 1 atom stereocenters. The van der Waals surface area contributed by atoms with Crippen molar-refractivity contribution in [3.63, 3.8) is 0 Å². The van der Waals surface area contributed by atoms with Crippen molar-refractivity contribution in [3.05, 3.63) is 73.7 Å². The summed E-state index contributed by atoms with van der Waals surface area (Å²) in [6, 6.07) is 3.05. The standard InChI is InChI=1S/C23H18Cl3F7N2O2/c1-21(2,3)20(37)35-34-19(36)12-5-4-10(6-14(12)23(31,32)33)17(27)9-13(22(28,29)30)11-7-15(24)18(26)16(25)8-11/h4-9,13H,1-3H3,(H,34,36)(H,35,37)/b17-9-. The third-order valence-electron chi connectivity index (χ3n) is 4.85. The number of allylic oxidation sites excluding steroid dienone is 1. The van der Waals surface area contributed by atoms with Crippen LogP contribution < -0.4 is 10.9 Å². The van der Waals surface area contributed by atoms with Gasteiger partial charge in [0, 0.05) is 11.0 Å². The Balaban J connectivity index is 2.51. The Morgan fingerprint density at radius 2 is 1.43 bits per heavy atom. The van der Waals surface area contributed by atoms with Crippen LogP contribution in [0.15, 0.2) is 36.4 Å². The van der Waals surface area contributed by atoms with E-state index in [1.807, 2.05) is 10.9 Å². The van der Waals surface area contributed by atoms with E-state index in [2.05, 4.69) is 0 Å². The molecule has 0 radical (unpaired) electrons. The summed E-state index contributed by atoms with van der Waals surface area (Å²) < 4.78 is 97.0. The number of amides is 2. The zero-order valence-corrected chi connectivity index (χ0v) is 21.4. The molecule has 2 aromatic carbocycles. The van der Waals surface area contributed by atoms with Crippen LogP contribution in [0.25, 0.3) is 5.83 Å². The first kappa shape index (κ1) is 30.7. The van der Waals surface area contributed by atoms with Crippen LogP contribution in [0.2, 0.25) is 15.1 Å². The fourth-order valence-corrected chi connectivity index (χ4v) is 3.48. The predicted molar refractivity (Wildman–Crippen MR) is 126 cm³/mol. The number of hydrogen-bond acceptors (Lipinski definition) is 2. The van der Waals surface area contributed by atoms with Gasteiger partial charge in [0.15, 0.2) is 0 Å². The highest BCUT2D eigenvalue weighted by Crippen LogP contribution is 2.42. The van der Waals surface area contributed by atoms with Gasteiger partial charge in [-0.05, 0) is 35.9 Å². The molecule has 0 saturated heterocycles. The van der Waals surface area contributed by atoms with E-state index in [4.69, 9.17) is 34.8 Å². The van der Waals surface area contributed by atoms with Crippen LogP contribution in [0.5, 0.6) is 0 Å². The first-order valence-corrected chi connectivity index (χ1v) is 11.3. The molecule has 0 fully saturated rings. The Hall–Kier alpha value is -2.50. The van der Waals surface area contributed by atoms with Crippen molar-refractivity contribution in [2.45, 2.75) is 39.0 Å². The van der Waals surface area contributed by atoms with Crippen molar-refractivity contribution in [1.29, 1.82) is 0 Å². The number of hydrazine groups is 1. The molecule has 0 aliphatic rings. The van der Waals surface area contributed by atoms with E-state index in [-0.39, 0.29) is 27.2 Å². The Bertz CT molecular complexity index is 1210. The third kappa shape index (κ3) is 7.75. The van der Waals surface area contributed by atoms with Crippen molar-refractivity contribution in [3.8, 4) is 0 Å². The van der Waals surface area contributed by atoms with Crippen molar-refractivity contribution in [2.24, 2.45) is 5.41 Å². The molecule has 0 aliphatic heterocycles. The minimum atomic E-state index is -5.20. The predicted octanol–water partition coefficient (Wildman–Crippen LogP) is 8.13. The topological polar surface area (TPSA) is 58.2 Å². The highest BCUT2D eigenvalue weighted by Gasteiger charge is 2.41. The molecule has 0 heterocycles. The summed E-state index contributed by atoms with van der Waals surface area (Å²) in [4.78, 5) is 24.2. The molecule has 4 nitrogen and oxygen atoms in total. The van der Waals surface area contributed by atoms with Gasteiger partial charge in [-0.1, -0.05) is 61.6 Å². The van der Waals surface area contributed by atoms with Gasteiger partial charge in [-0.25, -0.2) is 4.39 Å². The molecule has 0 spiro atoms.